The molecular weight excluding hydrogens is 468 g/mol. The van der Waals surface area contributed by atoms with Crippen LogP contribution < -0.4 is 10.1 Å². The maximum absolute atomic E-state index is 12.9. The number of rotatable bonds is 9. The van der Waals surface area contributed by atoms with Crippen molar-refractivity contribution < 1.29 is 23.1 Å². The van der Waals surface area contributed by atoms with Crippen molar-refractivity contribution in [3.05, 3.63) is 66.2 Å². The Kier molecular flexibility index (Phi) is 7.66. The minimum absolute atomic E-state index is 0.0811. The zero-order valence-electron chi connectivity index (χ0n) is 19.8. The molecule has 1 aliphatic rings. The molecule has 0 radical (unpaired) electrons. The summed E-state index contributed by atoms with van der Waals surface area (Å²) >= 11 is 0. The lowest BCUT2D eigenvalue weighted by atomic mass is 10.1. The van der Waals surface area contributed by atoms with E-state index >= 15 is 0 Å². The molecule has 1 amide bonds. The standard InChI is InChI=1S/C25H30N4O5S/c1-28(2)35(32,33)24-14-19-10-6-7-11-21(19)25(27-24)34-17-23(31)26-22(18-8-4-3-5-9-18)16-29-13-12-20(30)15-29/h3-11,14,20,22,30H,12-13,15-17H2,1-2H3,(H,26,31)/t20-,22+/m0/s1. The lowest BCUT2D eigenvalue weighted by molar-refractivity contribution is -0.124. The van der Waals surface area contributed by atoms with Crippen LogP contribution in [0.25, 0.3) is 10.8 Å². The maximum atomic E-state index is 12.9. The minimum Gasteiger partial charge on any atom is -0.467 e. The first kappa shape index (κ1) is 25.1. The van der Waals surface area contributed by atoms with Crippen LogP contribution in [0.1, 0.15) is 18.0 Å². The van der Waals surface area contributed by atoms with Gasteiger partial charge in [-0.05, 0) is 29.5 Å². The van der Waals surface area contributed by atoms with E-state index in [2.05, 4.69) is 15.2 Å². The number of aromatic nitrogens is 1. The first-order valence-corrected chi connectivity index (χ1v) is 12.9. The van der Waals surface area contributed by atoms with E-state index < -0.39 is 10.0 Å². The zero-order chi connectivity index (χ0) is 25.0. The summed E-state index contributed by atoms with van der Waals surface area (Å²) in [6.07, 6.45) is 0.360. The number of benzene rings is 2. The SMILES string of the molecule is CN(C)S(=O)(=O)c1cc2ccccc2c(OCC(=O)N[C@H](CN2CC[C@H](O)C2)c2ccccc2)n1. The predicted octanol–water partition coefficient (Wildman–Crippen LogP) is 1.79. The van der Waals surface area contributed by atoms with Crippen LogP contribution in [0.4, 0.5) is 0 Å². The Balaban J connectivity index is 1.52. The van der Waals surface area contributed by atoms with Gasteiger partial charge in [-0.2, -0.15) is 4.98 Å². The van der Waals surface area contributed by atoms with E-state index in [-0.39, 0.29) is 35.6 Å². The van der Waals surface area contributed by atoms with E-state index in [0.29, 0.717) is 30.3 Å². The number of hydrogen-bond donors (Lipinski definition) is 2. The molecule has 2 atom stereocenters. The van der Waals surface area contributed by atoms with Crippen molar-refractivity contribution in [2.45, 2.75) is 23.6 Å². The first-order valence-electron chi connectivity index (χ1n) is 11.4. The van der Waals surface area contributed by atoms with Gasteiger partial charge in [0, 0.05) is 39.1 Å². The number of carbonyl (C=O) groups excluding carboxylic acids is 1. The van der Waals surface area contributed by atoms with E-state index in [1.165, 1.54) is 20.2 Å². The molecule has 0 saturated carbocycles. The molecule has 1 aliphatic heterocycles. The van der Waals surface area contributed by atoms with Gasteiger partial charge in [-0.25, -0.2) is 12.7 Å². The Morgan fingerprint density at radius 1 is 1.20 bits per heavy atom. The predicted molar refractivity (Wildman–Crippen MR) is 133 cm³/mol. The first-order chi connectivity index (χ1) is 16.7. The van der Waals surface area contributed by atoms with Crippen LogP contribution in [0.3, 0.4) is 0 Å². The Hall–Kier alpha value is -3.05. The number of fused-ring (bicyclic) bond motifs is 1. The summed E-state index contributed by atoms with van der Waals surface area (Å²) in [6, 6.07) is 18.0. The van der Waals surface area contributed by atoms with Crippen molar-refractivity contribution in [1.82, 2.24) is 19.5 Å². The van der Waals surface area contributed by atoms with Crippen molar-refractivity contribution in [2.75, 3.05) is 40.3 Å². The molecule has 2 aromatic carbocycles. The Bertz CT molecular complexity index is 1280. The van der Waals surface area contributed by atoms with Gasteiger partial charge in [0.05, 0.1) is 12.1 Å². The van der Waals surface area contributed by atoms with Crippen LogP contribution in [-0.2, 0) is 14.8 Å². The lowest BCUT2D eigenvalue weighted by Gasteiger charge is -2.25. The van der Waals surface area contributed by atoms with E-state index in [1.807, 2.05) is 30.3 Å². The number of pyridine rings is 1. The van der Waals surface area contributed by atoms with Gasteiger partial charge in [0.2, 0.25) is 5.88 Å². The van der Waals surface area contributed by atoms with Gasteiger partial charge in [0.1, 0.15) is 0 Å². The topological polar surface area (TPSA) is 112 Å². The number of carbonyl (C=O) groups is 1. The number of ether oxygens (including phenoxy) is 1. The molecule has 35 heavy (non-hydrogen) atoms. The highest BCUT2D eigenvalue weighted by Crippen LogP contribution is 2.27. The highest BCUT2D eigenvalue weighted by molar-refractivity contribution is 7.89. The third-order valence-corrected chi connectivity index (χ3v) is 7.69. The lowest BCUT2D eigenvalue weighted by Crippen LogP contribution is -2.39. The molecule has 10 heteroatoms. The average molecular weight is 499 g/mol. The number of nitrogens with one attached hydrogen (secondary N) is 1. The number of nitrogens with zero attached hydrogens (tertiary/aromatic N) is 3. The highest BCUT2D eigenvalue weighted by atomic mass is 32.2. The van der Waals surface area contributed by atoms with Crippen LogP contribution in [0.15, 0.2) is 65.7 Å². The molecule has 0 aliphatic carbocycles. The fourth-order valence-electron chi connectivity index (χ4n) is 4.10. The second-order valence-electron chi connectivity index (χ2n) is 8.80. The molecule has 4 rings (SSSR count). The molecule has 0 unspecified atom stereocenters. The van der Waals surface area contributed by atoms with Crippen LogP contribution in [-0.4, -0.2) is 80.1 Å². The van der Waals surface area contributed by atoms with E-state index in [1.54, 1.807) is 24.3 Å². The Labute approximate surface area is 205 Å². The molecule has 9 nitrogen and oxygen atoms in total. The van der Waals surface area contributed by atoms with Crippen molar-refractivity contribution in [3.63, 3.8) is 0 Å². The molecule has 1 saturated heterocycles. The van der Waals surface area contributed by atoms with Crippen molar-refractivity contribution in [1.29, 1.82) is 0 Å². The third kappa shape index (κ3) is 5.96. The largest absolute Gasteiger partial charge is 0.467 e. The summed E-state index contributed by atoms with van der Waals surface area (Å²) in [5, 5.41) is 14.0. The van der Waals surface area contributed by atoms with Gasteiger partial charge in [-0.3, -0.25) is 9.69 Å². The van der Waals surface area contributed by atoms with Crippen LogP contribution >= 0.6 is 0 Å². The highest BCUT2D eigenvalue weighted by Gasteiger charge is 2.25. The van der Waals surface area contributed by atoms with Crippen molar-refractivity contribution in [3.8, 4) is 5.88 Å². The molecule has 186 valence electrons. The van der Waals surface area contributed by atoms with Gasteiger partial charge < -0.3 is 15.2 Å². The Morgan fingerprint density at radius 3 is 2.60 bits per heavy atom. The minimum atomic E-state index is -3.79. The number of aliphatic hydroxyl groups is 1. The van der Waals surface area contributed by atoms with Crippen LogP contribution in [0.2, 0.25) is 0 Å². The zero-order valence-corrected chi connectivity index (χ0v) is 20.6. The number of aliphatic hydroxyl groups excluding tert-OH is 1. The van der Waals surface area contributed by atoms with E-state index in [0.717, 1.165) is 16.4 Å². The molecular formula is C25H30N4O5S. The fraction of sp³-hybridized carbons (Fsp3) is 0.360. The summed E-state index contributed by atoms with van der Waals surface area (Å²) in [7, 11) is -0.919. The van der Waals surface area contributed by atoms with Gasteiger partial charge in [-0.15, -0.1) is 0 Å². The summed E-state index contributed by atoms with van der Waals surface area (Å²) in [5.74, 6) is -0.275. The Morgan fingerprint density at radius 2 is 1.91 bits per heavy atom. The molecule has 3 aromatic rings. The molecule has 0 bridgehead atoms. The average Bonchev–Trinajstić information content (AvgIpc) is 3.26. The number of amides is 1. The van der Waals surface area contributed by atoms with Crippen LogP contribution in [0, 0.1) is 0 Å². The van der Waals surface area contributed by atoms with E-state index in [9.17, 15) is 18.3 Å². The normalized spacial score (nSPS) is 17.5. The summed E-state index contributed by atoms with van der Waals surface area (Å²) in [5.41, 5.74) is 0.949. The maximum Gasteiger partial charge on any atom is 0.260 e. The van der Waals surface area contributed by atoms with Gasteiger partial charge >= 0.3 is 0 Å². The molecule has 2 heterocycles. The summed E-state index contributed by atoms with van der Waals surface area (Å²) in [6.45, 7) is 1.57. The smallest absolute Gasteiger partial charge is 0.260 e. The third-order valence-electron chi connectivity index (χ3n) is 5.99. The quantitative estimate of drug-likeness (QED) is 0.463. The molecule has 1 aromatic heterocycles. The summed E-state index contributed by atoms with van der Waals surface area (Å²) < 4.78 is 32.2. The van der Waals surface area contributed by atoms with Gasteiger partial charge in [-0.1, -0.05) is 48.5 Å². The number of β-amino-alcohol motifs (C(OH)–C–C–N with tert-alkyl or cyclic N) is 1. The number of sulfonamides is 1. The van der Waals surface area contributed by atoms with Crippen molar-refractivity contribution >= 4 is 26.7 Å². The van der Waals surface area contributed by atoms with Crippen LogP contribution in [0.5, 0.6) is 5.88 Å². The number of hydrogen-bond acceptors (Lipinski definition) is 7. The van der Waals surface area contributed by atoms with Crippen molar-refractivity contribution in [2.24, 2.45) is 0 Å². The molecule has 1 fully saturated rings. The molecule has 0 spiro atoms. The second-order valence-corrected chi connectivity index (χ2v) is 10.9. The number of likely N-dealkylation sites (tertiary alicyclic amines) is 1. The molecule has 2 N–H and O–H groups in total. The van der Waals surface area contributed by atoms with Gasteiger partial charge in [0.15, 0.2) is 11.6 Å². The summed E-state index contributed by atoms with van der Waals surface area (Å²) in [4.78, 5) is 19.3. The van der Waals surface area contributed by atoms with Gasteiger partial charge in [0.25, 0.3) is 15.9 Å². The monoisotopic (exact) mass is 498 g/mol. The second kappa shape index (κ2) is 10.7. The fourth-order valence-corrected chi connectivity index (χ4v) is 4.95. The van der Waals surface area contributed by atoms with E-state index in [4.69, 9.17) is 4.74 Å².